The summed E-state index contributed by atoms with van der Waals surface area (Å²) in [5, 5.41) is 0. The van der Waals surface area contributed by atoms with Gasteiger partial charge in [-0.1, -0.05) is 25.7 Å². The van der Waals surface area contributed by atoms with Crippen LogP contribution in [0.4, 0.5) is 0 Å². The van der Waals surface area contributed by atoms with Crippen LogP contribution < -0.4 is 5.73 Å². The van der Waals surface area contributed by atoms with E-state index < -0.39 is 0 Å². The van der Waals surface area contributed by atoms with Crippen LogP contribution in [0.15, 0.2) is 18.5 Å². The summed E-state index contributed by atoms with van der Waals surface area (Å²) < 4.78 is 0. The Labute approximate surface area is 114 Å². The van der Waals surface area contributed by atoms with Crippen LogP contribution in [0.25, 0.3) is 0 Å². The number of nitrogens with two attached hydrogens (primary N) is 1. The summed E-state index contributed by atoms with van der Waals surface area (Å²) in [6.45, 7) is 6.26. The quantitative estimate of drug-likeness (QED) is 0.767. The minimum Gasteiger partial charge on any atom is -0.338 e. The molecule has 0 aliphatic carbocycles. The molecule has 1 amide bonds. The molecule has 2 N–H and O–H groups in total. The van der Waals surface area contributed by atoms with Gasteiger partial charge in [-0.3, -0.25) is 9.78 Å². The minimum atomic E-state index is 0.0416. The highest BCUT2D eigenvalue weighted by Crippen LogP contribution is 2.24. The van der Waals surface area contributed by atoms with Gasteiger partial charge < -0.3 is 10.6 Å². The lowest BCUT2D eigenvalue weighted by Crippen LogP contribution is -2.29. The van der Waals surface area contributed by atoms with Gasteiger partial charge in [-0.05, 0) is 17.9 Å². The van der Waals surface area contributed by atoms with Gasteiger partial charge in [0.2, 0.25) is 0 Å². The number of rotatable bonds is 1. The fourth-order valence-corrected chi connectivity index (χ4v) is 2.29. The summed E-state index contributed by atoms with van der Waals surface area (Å²) in [4.78, 5) is 18.4. The van der Waals surface area contributed by atoms with Crippen molar-refractivity contribution in [3.05, 3.63) is 29.6 Å². The lowest BCUT2D eigenvalue weighted by Gasteiger charge is -2.16. The molecule has 2 heterocycles. The van der Waals surface area contributed by atoms with Crippen molar-refractivity contribution >= 4 is 5.91 Å². The number of nitrogens with zero attached hydrogens (tertiary/aromatic N) is 2. The SMILES string of the molecule is CC1CN(C(=O)c2ccncc2C#CCN)CC1C. The Hall–Kier alpha value is -1.86. The third-order valence-corrected chi connectivity index (χ3v) is 3.65. The fourth-order valence-electron chi connectivity index (χ4n) is 2.29. The molecule has 1 aliphatic heterocycles. The molecule has 2 atom stereocenters. The van der Waals surface area contributed by atoms with E-state index in [1.165, 1.54) is 0 Å². The van der Waals surface area contributed by atoms with Gasteiger partial charge in [-0.2, -0.15) is 0 Å². The molecular weight excluding hydrogens is 238 g/mol. The van der Waals surface area contributed by atoms with Crippen molar-refractivity contribution in [1.82, 2.24) is 9.88 Å². The van der Waals surface area contributed by atoms with Crippen LogP contribution >= 0.6 is 0 Å². The fraction of sp³-hybridized carbons (Fsp3) is 0.467. The lowest BCUT2D eigenvalue weighted by molar-refractivity contribution is 0.0784. The standard InChI is InChI=1S/C15H19N3O/c1-11-9-18(10-12(11)2)15(19)14-5-7-17-8-13(14)4-3-6-16/h5,7-8,11-12H,6,9-10,16H2,1-2H3. The van der Waals surface area contributed by atoms with E-state index in [2.05, 4.69) is 30.7 Å². The van der Waals surface area contributed by atoms with Crippen LogP contribution in [0.2, 0.25) is 0 Å². The van der Waals surface area contributed by atoms with Gasteiger partial charge in [0.1, 0.15) is 0 Å². The van der Waals surface area contributed by atoms with E-state index in [1.54, 1.807) is 18.5 Å². The van der Waals surface area contributed by atoms with Crippen molar-refractivity contribution < 1.29 is 4.79 Å². The maximum atomic E-state index is 12.5. The second kappa shape index (κ2) is 5.85. The highest BCUT2D eigenvalue weighted by Gasteiger charge is 2.30. The predicted molar refractivity (Wildman–Crippen MR) is 74.4 cm³/mol. The topological polar surface area (TPSA) is 59.2 Å². The zero-order valence-corrected chi connectivity index (χ0v) is 11.4. The number of carbonyl (C=O) groups excluding carboxylic acids is 1. The van der Waals surface area contributed by atoms with Crippen molar-refractivity contribution in [3.8, 4) is 11.8 Å². The average molecular weight is 257 g/mol. The summed E-state index contributed by atoms with van der Waals surface area (Å²) in [7, 11) is 0. The van der Waals surface area contributed by atoms with Crippen LogP contribution in [-0.4, -0.2) is 35.4 Å². The Kier molecular flexibility index (Phi) is 4.18. The monoisotopic (exact) mass is 257 g/mol. The lowest BCUT2D eigenvalue weighted by atomic mass is 10.0. The van der Waals surface area contributed by atoms with E-state index in [0.29, 0.717) is 23.0 Å². The van der Waals surface area contributed by atoms with Gasteiger partial charge in [0.05, 0.1) is 17.7 Å². The van der Waals surface area contributed by atoms with E-state index in [0.717, 1.165) is 13.1 Å². The maximum absolute atomic E-state index is 12.5. The molecule has 1 fully saturated rings. The number of likely N-dealkylation sites (tertiary alicyclic amines) is 1. The largest absolute Gasteiger partial charge is 0.338 e. The first-order valence-corrected chi connectivity index (χ1v) is 6.55. The van der Waals surface area contributed by atoms with E-state index in [4.69, 9.17) is 5.73 Å². The Morgan fingerprint density at radius 3 is 2.79 bits per heavy atom. The highest BCUT2D eigenvalue weighted by atomic mass is 16.2. The van der Waals surface area contributed by atoms with Gasteiger partial charge in [0, 0.05) is 25.5 Å². The first-order valence-electron chi connectivity index (χ1n) is 6.55. The molecular formula is C15H19N3O. The zero-order valence-electron chi connectivity index (χ0n) is 11.4. The third kappa shape index (κ3) is 2.94. The molecule has 2 rings (SSSR count). The highest BCUT2D eigenvalue weighted by molar-refractivity contribution is 5.96. The van der Waals surface area contributed by atoms with E-state index in [-0.39, 0.29) is 12.5 Å². The van der Waals surface area contributed by atoms with Crippen molar-refractivity contribution in [1.29, 1.82) is 0 Å². The summed E-state index contributed by atoms with van der Waals surface area (Å²) in [5.74, 6) is 6.82. The summed E-state index contributed by atoms with van der Waals surface area (Å²) >= 11 is 0. The van der Waals surface area contributed by atoms with Gasteiger partial charge >= 0.3 is 0 Å². The smallest absolute Gasteiger partial charge is 0.255 e. The molecule has 4 nitrogen and oxygen atoms in total. The van der Waals surface area contributed by atoms with Crippen molar-refractivity contribution in [2.45, 2.75) is 13.8 Å². The summed E-state index contributed by atoms with van der Waals surface area (Å²) in [6.07, 6.45) is 3.25. The molecule has 1 aliphatic rings. The molecule has 2 unspecified atom stereocenters. The number of hydrogen-bond acceptors (Lipinski definition) is 3. The minimum absolute atomic E-state index is 0.0416. The number of pyridine rings is 1. The van der Waals surface area contributed by atoms with Crippen LogP contribution in [0.5, 0.6) is 0 Å². The average Bonchev–Trinajstić information content (AvgIpc) is 2.76. The predicted octanol–water partition coefficient (Wildman–Crippen LogP) is 1.12. The number of amides is 1. The first-order chi connectivity index (χ1) is 9.13. The summed E-state index contributed by atoms with van der Waals surface area (Å²) in [6, 6.07) is 1.73. The van der Waals surface area contributed by atoms with E-state index >= 15 is 0 Å². The van der Waals surface area contributed by atoms with Crippen LogP contribution in [0, 0.1) is 23.7 Å². The Morgan fingerprint density at radius 2 is 2.16 bits per heavy atom. The Morgan fingerprint density at radius 1 is 1.47 bits per heavy atom. The molecule has 0 radical (unpaired) electrons. The van der Waals surface area contributed by atoms with Crippen molar-refractivity contribution in [2.24, 2.45) is 17.6 Å². The number of carbonyl (C=O) groups is 1. The van der Waals surface area contributed by atoms with Crippen molar-refractivity contribution in [2.75, 3.05) is 19.6 Å². The van der Waals surface area contributed by atoms with Crippen LogP contribution in [0.3, 0.4) is 0 Å². The number of aromatic nitrogens is 1. The van der Waals surface area contributed by atoms with Gasteiger partial charge in [0.15, 0.2) is 0 Å². The normalized spacial score (nSPS) is 21.9. The van der Waals surface area contributed by atoms with Crippen molar-refractivity contribution in [3.63, 3.8) is 0 Å². The zero-order chi connectivity index (χ0) is 13.8. The Balaban J connectivity index is 2.24. The molecule has 1 aromatic heterocycles. The second-order valence-electron chi connectivity index (χ2n) is 5.09. The first kappa shape index (κ1) is 13.6. The van der Waals surface area contributed by atoms with E-state index in [1.807, 2.05) is 4.90 Å². The molecule has 0 aromatic carbocycles. The summed E-state index contributed by atoms with van der Waals surface area (Å²) in [5.41, 5.74) is 6.65. The number of hydrogen-bond donors (Lipinski definition) is 1. The molecule has 1 saturated heterocycles. The van der Waals surface area contributed by atoms with Gasteiger partial charge in [-0.25, -0.2) is 0 Å². The second-order valence-corrected chi connectivity index (χ2v) is 5.09. The third-order valence-electron chi connectivity index (χ3n) is 3.65. The molecule has 0 spiro atoms. The molecule has 100 valence electrons. The van der Waals surface area contributed by atoms with Gasteiger partial charge in [0.25, 0.3) is 5.91 Å². The van der Waals surface area contributed by atoms with Gasteiger partial charge in [-0.15, -0.1) is 0 Å². The van der Waals surface area contributed by atoms with Crippen LogP contribution in [-0.2, 0) is 0 Å². The molecule has 4 heteroatoms. The maximum Gasteiger partial charge on any atom is 0.255 e. The van der Waals surface area contributed by atoms with Crippen LogP contribution in [0.1, 0.15) is 29.8 Å². The molecule has 0 saturated carbocycles. The Bertz CT molecular complexity index is 520. The van der Waals surface area contributed by atoms with E-state index in [9.17, 15) is 4.79 Å². The molecule has 1 aromatic rings. The molecule has 19 heavy (non-hydrogen) atoms. The molecule has 0 bridgehead atoms.